The molecule has 1 aliphatic heterocycles. The SMILES string of the molecule is CC1(C)C2CC(N(C3CCCCC3)C3CCCCC3)CCC2NC2CCC(N(C3CCCCC3)C3CCC(O)CC3)CC21. The topological polar surface area (TPSA) is 38.7 Å². The van der Waals surface area contributed by atoms with Gasteiger partial charge in [-0.1, -0.05) is 71.6 Å². The van der Waals surface area contributed by atoms with Crippen LogP contribution < -0.4 is 5.32 Å². The Morgan fingerprint density at radius 3 is 1.19 bits per heavy atom. The van der Waals surface area contributed by atoms with E-state index in [2.05, 4.69) is 29.0 Å². The van der Waals surface area contributed by atoms with Crippen LogP contribution in [0.25, 0.3) is 0 Å². The summed E-state index contributed by atoms with van der Waals surface area (Å²) < 4.78 is 0. The normalized spacial score (nSPS) is 42.1. The van der Waals surface area contributed by atoms with Gasteiger partial charge < -0.3 is 10.4 Å². The maximum Gasteiger partial charge on any atom is 0.0541 e. The number of hydrogen-bond acceptors (Lipinski definition) is 4. The molecule has 4 heteroatoms. The summed E-state index contributed by atoms with van der Waals surface area (Å²) in [5, 5.41) is 14.7. The van der Waals surface area contributed by atoms with Gasteiger partial charge >= 0.3 is 0 Å². The average Bonchev–Trinajstić information content (AvgIpc) is 3.04. The Bertz CT molecular complexity index is 848. The summed E-state index contributed by atoms with van der Waals surface area (Å²) in [4.78, 5) is 6.34. The number of fused-ring (bicyclic) bond motifs is 2. The van der Waals surface area contributed by atoms with Gasteiger partial charge in [-0.3, -0.25) is 9.80 Å². The molecule has 0 aromatic rings. The van der Waals surface area contributed by atoms with E-state index in [0.717, 1.165) is 73.0 Å². The summed E-state index contributed by atoms with van der Waals surface area (Å²) in [5.41, 5.74) is 0.420. The standard InChI is InChI=1S/C39H69N3O/c1-39(2)35-26-32(41(28-12-6-3-7-13-28)29-14-8-4-9-15-29)20-24-37(35)40-38-25-21-33(27-36(38)39)42(30-16-10-5-11-17-30)31-18-22-34(43)23-19-31/h28-38,40,43H,3-27H2,1-2H3. The van der Waals surface area contributed by atoms with Crippen LogP contribution in [-0.2, 0) is 0 Å². The summed E-state index contributed by atoms with van der Waals surface area (Å²) in [6.45, 7) is 5.48. The van der Waals surface area contributed by atoms with Crippen molar-refractivity contribution < 1.29 is 5.11 Å². The Morgan fingerprint density at radius 1 is 0.442 bits per heavy atom. The van der Waals surface area contributed by atoms with Crippen LogP contribution in [-0.4, -0.2) is 69.3 Å². The highest BCUT2D eigenvalue weighted by atomic mass is 16.3. The van der Waals surface area contributed by atoms with E-state index in [1.807, 2.05) is 0 Å². The molecule has 7 fully saturated rings. The van der Waals surface area contributed by atoms with Crippen molar-refractivity contribution in [2.45, 2.75) is 229 Å². The average molecular weight is 596 g/mol. The molecular weight excluding hydrogens is 526 g/mol. The maximum absolute atomic E-state index is 10.4. The molecule has 0 spiro atoms. The lowest BCUT2D eigenvalue weighted by Gasteiger charge is -2.61. The molecular formula is C39H69N3O. The minimum Gasteiger partial charge on any atom is -0.393 e. The number of rotatable bonds is 6. The maximum atomic E-state index is 10.4. The smallest absolute Gasteiger partial charge is 0.0541 e. The van der Waals surface area contributed by atoms with E-state index >= 15 is 0 Å². The first kappa shape index (κ1) is 31.4. The highest BCUT2D eigenvalue weighted by molar-refractivity contribution is 5.09. The van der Waals surface area contributed by atoms with E-state index in [0.29, 0.717) is 5.41 Å². The van der Waals surface area contributed by atoms with Crippen molar-refractivity contribution in [1.82, 2.24) is 15.1 Å². The van der Waals surface area contributed by atoms with Gasteiger partial charge in [-0.25, -0.2) is 0 Å². The molecule has 7 aliphatic rings. The van der Waals surface area contributed by atoms with Crippen LogP contribution in [0.3, 0.4) is 0 Å². The molecule has 43 heavy (non-hydrogen) atoms. The van der Waals surface area contributed by atoms with Gasteiger partial charge in [0, 0.05) is 48.3 Å². The first-order valence-electron chi connectivity index (χ1n) is 20.0. The fraction of sp³-hybridized carbons (Fsp3) is 1.00. The lowest BCUT2D eigenvalue weighted by Crippen LogP contribution is -2.67. The zero-order chi connectivity index (χ0) is 29.4. The second kappa shape index (κ2) is 13.9. The molecule has 4 nitrogen and oxygen atoms in total. The van der Waals surface area contributed by atoms with Crippen molar-refractivity contribution in [2.24, 2.45) is 17.3 Å². The van der Waals surface area contributed by atoms with Gasteiger partial charge in [0.05, 0.1) is 6.10 Å². The molecule has 0 aromatic carbocycles. The molecule has 6 aliphatic carbocycles. The van der Waals surface area contributed by atoms with Crippen molar-refractivity contribution in [2.75, 3.05) is 0 Å². The molecule has 1 heterocycles. The monoisotopic (exact) mass is 596 g/mol. The zero-order valence-corrected chi connectivity index (χ0v) is 28.4. The van der Waals surface area contributed by atoms with E-state index in [4.69, 9.17) is 0 Å². The van der Waals surface area contributed by atoms with Crippen LogP contribution in [0.5, 0.6) is 0 Å². The highest BCUT2D eigenvalue weighted by Gasteiger charge is 2.55. The second-order valence-corrected chi connectivity index (χ2v) is 17.6. The number of aliphatic hydroxyl groups is 1. The molecule has 2 N–H and O–H groups in total. The van der Waals surface area contributed by atoms with Crippen LogP contribution in [0.15, 0.2) is 0 Å². The fourth-order valence-electron chi connectivity index (χ4n) is 12.7. The third-order valence-corrected chi connectivity index (χ3v) is 14.9. The highest BCUT2D eigenvalue weighted by Crippen LogP contribution is 2.54. The Kier molecular flexibility index (Phi) is 10.2. The minimum absolute atomic E-state index is 0.0420. The van der Waals surface area contributed by atoms with Crippen molar-refractivity contribution in [3.05, 3.63) is 0 Å². The summed E-state index contributed by atoms with van der Waals surface area (Å²) in [7, 11) is 0. The number of nitrogens with one attached hydrogen (secondary N) is 1. The van der Waals surface area contributed by atoms with Gasteiger partial charge in [0.15, 0.2) is 0 Å². The van der Waals surface area contributed by atoms with E-state index in [9.17, 15) is 5.11 Å². The lowest BCUT2D eigenvalue weighted by molar-refractivity contribution is -0.0908. The van der Waals surface area contributed by atoms with Gasteiger partial charge in [0.25, 0.3) is 0 Å². The number of nitrogens with zero attached hydrogens (tertiary/aromatic N) is 2. The van der Waals surface area contributed by atoms with E-state index in [1.54, 1.807) is 0 Å². The van der Waals surface area contributed by atoms with Gasteiger partial charge in [-0.2, -0.15) is 0 Å². The van der Waals surface area contributed by atoms with Crippen molar-refractivity contribution in [1.29, 1.82) is 0 Å². The Labute approximate surface area is 265 Å². The van der Waals surface area contributed by atoms with Crippen LogP contribution in [0.2, 0.25) is 0 Å². The minimum atomic E-state index is -0.0420. The van der Waals surface area contributed by atoms with E-state index < -0.39 is 0 Å². The molecule has 0 bridgehead atoms. The summed E-state index contributed by atoms with van der Waals surface area (Å²) in [6, 6.07) is 6.36. The van der Waals surface area contributed by atoms with Crippen molar-refractivity contribution >= 4 is 0 Å². The second-order valence-electron chi connectivity index (χ2n) is 17.6. The quantitative estimate of drug-likeness (QED) is 0.323. The number of piperidine rings is 1. The van der Waals surface area contributed by atoms with Crippen LogP contribution in [0.1, 0.15) is 174 Å². The molecule has 0 amide bonds. The Morgan fingerprint density at radius 2 is 0.791 bits per heavy atom. The first-order valence-corrected chi connectivity index (χ1v) is 20.0. The van der Waals surface area contributed by atoms with Gasteiger partial charge in [-0.15, -0.1) is 0 Å². The summed E-state index contributed by atoms with van der Waals surface area (Å²) in [5.74, 6) is 1.64. The number of hydrogen-bond donors (Lipinski definition) is 2. The van der Waals surface area contributed by atoms with Crippen molar-refractivity contribution in [3.63, 3.8) is 0 Å². The first-order chi connectivity index (χ1) is 21.0. The molecule has 246 valence electrons. The Hall–Kier alpha value is -0.160. The fourth-order valence-corrected chi connectivity index (χ4v) is 12.7. The van der Waals surface area contributed by atoms with Gasteiger partial charge in [-0.05, 0) is 120 Å². The van der Waals surface area contributed by atoms with Crippen LogP contribution >= 0.6 is 0 Å². The third-order valence-electron chi connectivity index (χ3n) is 14.9. The predicted molar refractivity (Wildman–Crippen MR) is 179 cm³/mol. The van der Waals surface area contributed by atoms with Gasteiger partial charge in [0.2, 0.25) is 0 Å². The zero-order valence-electron chi connectivity index (χ0n) is 28.4. The van der Waals surface area contributed by atoms with Crippen molar-refractivity contribution in [3.8, 4) is 0 Å². The van der Waals surface area contributed by atoms with E-state index in [1.165, 1.54) is 148 Å². The van der Waals surface area contributed by atoms with Crippen LogP contribution in [0.4, 0.5) is 0 Å². The summed E-state index contributed by atoms with van der Waals surface area (Å²) >= 11 is 0. The number of aliphatic hydroxyl groups excluding tert-OH is 1. The van der Waals surface area contributed by atoms with Crippen LogP contribution in [0, 0.1) is 17.3 Å². The molecule has 7 rings (SSSR count). The molecule has 0 radical (unpaired) electrons. The molecule has 6 unspecified atom stereocenters. The molecule has 6 atom stereocenters. The molecule has 0 aromatic heterocycles. The van der Waals surface area contributed by atoms with E-state index in [-0.39, 0.29) is 6.10 Å². The predicted octanol–water partition coefficient (Wildman–Crippen LogP) is 8.60. The lowest BCUT2D eigenvalue weighted by atomic mass is 9.54. The molecule has 1 saturated heterocycles. The third kappa shape index (κ3) is 6.66. The van der Waals surface area contributed by atoms with Gasteiger partial charge in [0.1, 0.15) is 0 Å². The Balaban J connectivity index is 1.09. The molecule has 6 saturated carbocycles. The summed E-state index contributed by atoms with van der Waals surface area (Å²) in [6.07, 6.45) is 34.9. The largest absolute Gasteiger partial charge is 0.393 e.